The van der Waals surface area contributed by atoms with Gasteiger partial charge in [0.25, 0.3) is 0 Å². The summed E-state index contributed by atoms with van der Waals surface area (Å²) in [6.45, 7) is 0. The van der Waals surface area contributed by atoms with Crippen molar-refractivity contribution in [3.63, 3.8) is 0 Å². The fraction of sp³-hybridized carbons (Fsp3) is 0. The molecule has 0 aliphatic heterocycles. The molecule has 8 heteroatoms. The van der Waals surface area contributed by atoms with Crippen molar-refractivity contribution in [2.45, 2.75) is 0 Å². The fourth-order valence-corrected chi connectivity index (χ4v) is 0. The molecule has 0 aliphatic rings. The largest absolute Gasteiger partial charge is 2.00 e. The minimum absolute atomic E-state index is 0. The first-order valence-electron chi connectivity index (χ1n) is 0.913. The third-order valence-electron chi connectivity index (χ3n) is 0. The summed E-state index contributed by atoms with van der Waals surface area (Å²) < 4.78 is 0. The molecule has 0 atom stereocenters. The van der Waals surface area contributed by atoms with Crippen molar-refractivity contribution in [1.82, 2.24) is 0 Å². The molecule has 0 amide bonds. The molecule has 42 valence electrons. The van der Waals surface area contributed by atoms with Gasteiger partial charge in [0, 0.05) is 0 Å². The summed E-state index contributed by atoms with van der Waals surface area (Å²) in [5.41, 5.74) is 0. The van der Waals surface area contributed by atoms with E-state index in [4.69, 9.17) is 25.4 Å². The van der Waals surface area contributed by atoms with Crippen molar-refractivity contribution < 1.29 is 5.09 Å². The van der Waals surface area contributed by atoms with Crippen LogP contribution in [-0.2, 0) is 0 Å². The van der Waals surface area contributed by atoms with E-state index in [0.717, 1.165) is 5.34 Å². The third kappa shape index (κ3) is 7030. The van der Waals surface area contributed by atoms with Gasteiger partial charge in [0.15, 0.2) is 0 Å². The average molecular weight is 148 g/mol. The van der Waals surface area contributed by atoms with Gasteiger partial charge < -0.3 is 25.4 Å². The van der Waals surface area contributed by atoms with Crippen LogP contribution >= 0.6 is 0 Å². The molecular weight excluding hydrogens is 148 g/mol. The Labute approximate surface area is 73.3 Å². The van der Waals surface area contributed by atoms with Gasteiger partial charge in [-0.1, -0.05) is 0 Å². The molecule has 0 bridgehead atoms. The molecule has 0 aromatic carbocycles. The van der Waals surface area contributed by atoms with E-state index >= 15 is 0 Å². The molecule has 7 nitrogen and oxygen atoms in total. The molecule has 0 saturated heterocycles. The predicted molar refractivity (Wildman–Crippen MR) is 25.3 cm³/mol. The zero-order valence-electron chi connectivity index (χ0n) is 3.64. The topological polar surface area (TPSA) is 119 Å². The monoisotopic (exact) mass is 148 g/mol. The van der Waals surface area contributed by atoms with E-state index in [1.807, 2.05) is 0 Å². The van der Waals surface area contributed by atoms with E-state index in [1.165, 1.54) is 0 Å². The van der Waals surface area contributed by atoms with Crippen molar-refractivity contribution in [2.75, 3.05) is 0 Å². The van der Waals surface area contributed by atoms with Gasteiger partial charge in [-0.15, -0.1) is 5.34 Å². The zero-order chi connectivity index (χ0) is 6.28. The smallest absolute Gasteiger partial charge is 0.444 e. The van der Waals surface area contributed by atoms with Gasteiger partial charge in [-0.3, -0.25) is 0 Å². The quantitative estimate of drug-likeness (QED) is 0.201. The Hall–Kier alpha value is -0.140. The summed E-state index contributed by atoms with van der Waals surface area (Å²) >= 11 is 0. The molecule has 0 unspecified atom stereocenters. The van der Waals surface area contributed by atoms with Gasteiger partial charge in [-0.25, -0.2) is 0 Å². The van der Waals surface area contributed by atoms with E-state index < -0.39 is 5.09 Å². The number of hydrogen-bond acceptors (Lipinski definition) is 6. The number of nitrogens with zero attached hydrogens (tertiary/aromatic N) is 2. The fourth-order valence-electron chi connectivity index (χ4n) is 0. The van der Waals surface area contributed by atoms with Gasteiger partial charge >= 0.3 is 37.7 Å². The normalized spacial score (nSPS) is 4.50. The first-order valence-corrected chi connectivity index (χ1v) is 0.913. The van der Waals surface area contributed by atoms with Crippen LogP contribution in [0.3, 0.4) is 0 Å². The van der Waals surface area contributed by atoms with Gasteiger partial charge in [0.05, 0.1) is 5.09 Å². The Morgan fingerprint density at radius 2 is 1.38 bits per heavy atom. The van der Waals surface area contributed by atoms with E-state index in [2.05, 4.69) is 0 Å². The standard InChI is InChI=1S/Ca.NO3.HNO2/c;2-1(3)4;2-1-3/h;;(H,2,3)/q+2;-1;/p-1. The molecule has 0 spiro atoms. The van der Waals surface area contributed by atoms with E-state index in [0.29, 0.717) is 0 Å². The molecule has 0 fully saturated rings. The second-order valence-corrected chi connectivity index (χ2v) is 0.298. The van der Waals surface area contributed by atoms with Crippen LogP contribution in [0.15, 0.2) is 5.34 Å². The number of rotatable bonds is 0. The van der Waals surface area contributed by atoms with Crippen LogP contribution in [-0.4, -0.2) is 42.8 Å². The summed E-state index contributed by atoms with van der Waals surface area (Å²) in [5, 5.41) is 23.8. The van der Waals surface area contributed by atoms with Crippen molar-refractivity contribution in [1.29, 1.82) is 0 Å². The maximum absolute atomic E-state index is 8.25. The van der Waals surface area contributed by atoms with E-state index in [1.54, 1.807) is 0 Å². The van der Waals surface area contributed by atoms with Crippen LogP contribution < -0.4 is 0 Å². The van der Waals surface area contributed by atoms with Gasteiger partial charge in [-0.05, 0) is 0 Å². The van der Waals surface area contributed by atoms with E-state index in [9.17, 15) is 0 Å². The molecule has 0 aromatic heterocycles. The number of hydrogen-bond donors (Lipinski definition) is 0. The van der Waals surface area contributed by atoms with Crippen LogP contribution in [0.1, 0.15) is 0 Å². The molecule has 0 heterocycles. The van der Waals surface area contributed by atoms with E-state index in [-0.39, 0.29) is 37.7 Å². The zero-order valence-corrected chi connectivity index (χ0v) is 5.85. The maximum atomic E-state index is 8.25. The summed E-state index contributed by atoms with van der Waals surface area (Å²) in [5.74, 6) is 0. The molecule has 8 heavy (non-hydrogen) atoms. The van der Waals surface area contributed by atoms with Crippen LogP contribution in [0.4, 0.5) is 0 Å². The minimum atomic E-state index is -1.75. The van der Waals surface area contributed by atoms with Gasteiger partial charge in [-0.2, -0.15) is 0 Å². The molecule has 0 saturated carbocycles. The van der Waals surface area contributed by atoms with Crippen LogP contribution in [0.2, 0.25) is 0 Å². The van der Waals surface area contributed by atoms with Crippen molar-refractivity contribution in [3.05, 3.63) is 25.4 Å². The Kier molecular flexibility index (Phi) is 30.9. The third-order valence-corrected chi connectivity index (χ3v) is 0. The molecule has 0 rings (SSSR count). The molecule has 0 aliphatic carbocycles. The van der Waals surface area contributed by atoms with Crippen molar-refractivity contribution in [2.24, 2.45) is 5.34 Å². The molecule has 0 N–H and O–H groups in total. The van der Waals surface area contributed by atoms with Crippen LogP contribution in [0.5, 0.6) is 0 Å². The average Bonchev–Trinajstić information content (AvgIpc) is 1.33. The van der Waals surface area contributed by atoms with Crippen LogP contribution in [0.25, 0.3) is 0 Å². The summed E-state index contributed by atoms with van der Waals surface area (Å²) in [6.07, 6.45) is 0. The second-order valence-electron chi connectivity index (χ2n) is 0.298. The SMILES string of the molecule is O=N[O-].O=[N+]([O-])[O-].[Ca+2]. The minimum Gasteiger partial charge on any atom is -0.444 e. The molecule has 0 radical (unpaired) electrons. The van der Waals surface area contributed by atoms with Gasteiger partial charge in [0.2, 0.25) is 0 Å². The Bertz CT molecular complexity index is 57.4. The summed E-state index contributed by atoms with van der Waals surface area (Å²) in [7, 11) is 0. The predicted octanol–water partition coefficient (Wildman–Crippen LogP) is -0.369. The Morgan fingerprint density at radius 1 is 1.38 bits per heavy atom. The Balaban J connectivity index is -0.0000000575. The summed E-state index contributed by atoms with van der Waals surface area (Å²) in [6, 6.07) is 0. The summed E-state index contributed by atoms with van der Waals surface area (Å²) in [4.78, 5) is 16.2. The first kappa shape index (κ1) is 15.7. The maximum Gasteiger partial charge on any atom is 2.00 e. The first-order chi connectivity index (χ1) is 3.15. The Morgan fingerprint density at radius 3 is 1.38 bits per heavy atom. The van der Waals surface area contributed by atoms with Crippen molar-refractivity contribution in [3.8, 4) is 0 Å². The van der Waals surface area contributed by atoms with Crippen LogP contribution in [0, 0.1) is 25.4 Å². The molecule has 0 aromatic rings. The van der Waals surface area contributed by atoms with Gasteiger partial charge in [0.1, 0.15) is 0 Å². The second kappa shape index (κ2) is 15.8. The van der Waals surface area contributed by atoms with Crippen molar-refractivity contribution >= 4 is 37.7 Å². The molecular formula is CaN2O5.